The van der Waals surface area contributed by atoms with E-state index in [0.29, 0.717) is 17.5 Å². The van der Waals surface area contributed by atoms with Crippen LogP contribution in [0.4, 0.5) is 0 Å². The third-order valence-corrected chi connectivity index (χ3v) is 5.83. The Morgan fingerprint density at radius 1 is 1.16 bits per heavy atom. The minimum absolute atomic E-state index is 0.562. The second-order valence-corrected chi connectivity index (χ2v) is 8.80. The Morgan fingerprint density at radius 3 is 2.45 bits per heavy atom. The van der Waals surface area contributed by atoms with Gasteiger partial charge in [-0.3, -0.25) is 0 Å². The number of fused-ring (bicyclic) bond motifs is 1. The number of rotatable bonds is 8. The van der Waals surface area contributed by atoms with E-state index in [-0.39, 0.29) is 0 Å². The highest BCUT2D eigenvalue weighted by Gasteiger charge is 2.18. The van der Waals surface area contributed by atoms with Crippen LogP contribution in [-0.4, -0.2) is 11.7 Å². The van der Waals surface area contributed by atoms with Crippen LogP contribution in [0.5, 0.6) is 5.75 Å². The Labute approximate surface area is 191 Å². The van der Waals surface area contributed by atoms with Gasteiger partial charge in [-0.2, -0.15) is 0 Å². The number of hydrogen-bond donors (Lipinski definition) is 0. The summed E-state index contributed by atoms with van der Waals surface area (Å²) in [6, 6.07) is 15.2. The predicted octanol–water partition coefficient (Wildman–Crippen LogP) is 8.08. The van der Waals surface area contributed by atoms with Crippen LogP contribution < -0.4 is 4.74 Å². The molecule has 0 N–H and O–H groups in total. The summed E-state index contributed by atoms with van der Waals surface area (Å²) in [7, 11) is 1.71. The molecule has 3 heteroatoms. The first-order valence-electron chi connectivity index (χ1n) is 10.8. The molecule has 162 valence electrons. The van der Waals surface area contributed by atoms with Crippen LogP contribution in [0.3, 0.4) is 0 Å². The third kappa shape index (κ3) is 5.14. The molecule has 0 spiro atoms. The highest BCUT2D eigenvalue weighted by Crippen LogP contribution is 2.37. The fourth-order valence-electron chi connectivity index (χ4n) is 4.05. The van der Waals surface area contributed by atoms with Gasteiger partial charge in [0.15, 0.2) is 0 Å². The molecule has 0 atom stereocenters. The molecule has 0 bridgehead atoms. The lowest BCUT2D eigenvalue weighted by molar-refractivity contribution is 0.415. The molecule has 0 unspecified atom stereocenters. The van der Waals surface area contributed by atoms with E-state index in [4.69, 9.17) is 16.3 Å². The summed E-state index contributed by atoms with van der Waals surface area (Å²) in [4.78, 5) is 0. The molecule has 0 radical (unpaired) electrons. The second kappa shape index (κ2) is 10.1. The van der Waals surface area contributed by atoms with Gasteiger partial charge in [-0.25, -0.2) is 0 Å². The van der Waals surface area contributed by atoms with Gasteiger partial charge < -0.3 is 9.30 Å². The SMILES string of the molecule is C=C(Cl)/C(=C\C=C/C)Cn1c(C)c(-c2ccc(CC(C)C)cc2)c2cc(OC)ccc21. The van der Waals surface area contributed by atoms with Crippen molar-refractivity contribution < 1.29 is 4.74 Å². The molecule has 2 nitrogen and oxygen atoms in total. The molecule has 0 aliphatic carbocycles. The number of ether oxygens (including phenoxy) is 1. The summed E-state index contributed by atoms with van der Waals surface area (Å²) < 4.78 is 7.85. The normalized spacial score (nSPS) is 12.3. The van der Waals surface area contributed by atoms with Crippen LogP contribution in [-0.2, 0) is 13.0 Å². The molecular weight excluding hydrogens is 402 g/mol. The van der Waals surface area contributed by atoms with Crippen LogP contribution >= 0.6 is 11.6 Å². The van der Waals surface area contributed by atoms with Crippen molar-refractivity contribution in [1.29, 1.82) is 0 Å². The van der Waals surface area contributed by atoms with Crippen molar-refractivity contribution in [3.63, 3.8) is 0 Å². The summed E-state index contributed by atoms with van der Waals surface area (Å²) in [6.45, 7) is 13.3. The summed E-state index contributed by atoms with van der Waals surface area (Å²) >= 11 is 6.33. The Kier molecular flexibility index (Phi) is 7.46. The number of halogens is 1. The summed E-state index contributed by atoms with van der Waals surface area (Å²) in [5, 5.41) is 1.74. The smallest absolute Gasteiger partial charge is 0.119 e. The van der Waals surface area contributed by atoms with Gasteiger partial charge in [0, 0.05) is 33.7 Å². The van der Waals surface area contributed by atoms with E-state index < -0.39 is 0 Å². The molecule has 0 saturated carbocycles. The third-order valence-electron chi connectivity index (χ3n) is 5.58. The maximum Gasteiger partial charge on any atom is 0.119 e. The van der Waals surface area contributed by atoms with Crippen molar-refractivity contribution in [2.45, 2.75) is 40.7 Å². The highest BCUT2D eigenvalue weighted by molar-refractivity contribution is 6.31. The number of benzene rings is 2. The lowest BCUT2D eigenvalue weighted by Gasteiger charge is -2.12. The topological polar surface area (TPSA) is 14.2 Å². The van der Waals surface area contributed by atoms with Crippen LogP contribution in [0.25, 0.3) is 22.0 Å². The monoisotopic (exact) mass is 433 g/mol. The molecule has 0 aliphatic rings. The lowest BCUT2D eigenvalue weighted by Crippen LogP contribution is -2.03. The molecule has 1 aromatic heterocycles. The molecule has 3 rings (SSSR count). The van der Waals surface area contributed by atoms with E-state index in [1.165, 1.54) is 27.8 Å². The largest absolute Gasteiger partial charge is 0.497 e. The van der Waals surface area contributed by atoms with Gasteiger partial charge in [0.05, 0.1) is 7.11 Å². The van der Waals surface area contributed by atoms with Crippen LogP contribution in [0.2, 0.25) is 0 Å². The van der Waals surface area contributed by atoms with Crippen molar-refractivity contribution in [2.75, 3.05) is 7.11 Å². The van der Waals surface area contributed by atoms with Gasteiger partial charge in [0.1, 0.15) is 5.75 Å². The zero-order chi connectivity index (χ0) is 22.5. The molecule has 0 amide bonds. The fraction of sp³-hybridized carbons (Fsp3) is 0.286. The van der Waals surface area contributed by atoms with Crippen molar-refractivity contribution in [3.8, 4) is 16.9 Å². The number of methoxy groups -OCH3 is 1. The van der Waals surface area contributed by atoms with Gasteiger partial charge in [-0.05, 0) is 61.1 Å². The van der Waals surface area contributed by atoms with Gasteiger partial charge in [0.2, 0.25) is 0 Å². The average Bonchev–Trinajstić information content (AvgIpc) is 3.01. The standard InChI is InChI=1S/C28H32ClNO/c1-7-8-9-24(20(4)29)18-30-21(5)28(26-17-25(31-6)14-15-27(26)30)23-12-10-22(11-13-23)16-19(2)3/h7-15,17,19H,4,16,18H2,1-3,5-6H3/b8-7-,24-9-. The van der Waals surface area contributed by atoms with E-state index >= 15 is 0 Å². The van der Waals surface area contributed by atoms with Crippen LogP contribution in [0, 0.1) is 12.8 Å². The highest BCUT2D eigenvalue weighted by atomic mass is 35.5. The van der Waals surface area contributed by atoms with Crippen molar-refractivity contribution in [1.82, 2.24) is 4.57 Å². The van der Waals surface area contributed by atoms with E-state index in [9.17, 15) is 0 Å². The van der Waals surface area contributed by atoms with Crippen LogP contribution in [0.1, 0.15) is 32.0 Å². The Morgan fingerprint density at radius 2 is 1.87 bits per heavy atom. The lowest BCUT2D eigenvalue weighted by atomic mass is 9.97. The fourth-order valence-corrected chi connectivity index (χ4v) is 4.17. The Balaban J connectivity index is 2.17. The van der Waals surface area contributed by atoms with Gasteiger partial charge in [-0.1, -0.05) is 74.5 Å². The van der Waals surface area contributed by atoms with Crippen molar-refractivity contribution >= 4 is 22.5 Å². The summed E-state index contributed by atoms with van der Waals surface area (Å²) in [6.07, 6.45) is 7.12. The number of hydrogen-bond acceptors (Lipinski definition) is 1. The van der Waals surface area contributed by atoms with Crippen molar-refractivity contribution in [2.24, 2.45) is 5.92 Å². The minimum atomic E-state index is 0.562. The predicted molar refractivity (Wildman–Crippen MR) is 135 cm³/mol. The number of allylic oxidation sites excluding steroid dienone is 5. The first-order chi connectivity index (χ1) is 14.8. The van der Waals surface area contributed by atoms with E-state index in [1.54, 1.807) is 7.11 Å². The van der Waals surface area contributed by atoms with E-state index in [2.05, 4.69) is 68.3 Å². The summed E-state index contributed by atoms with van der Waals surface area (Å²) in [5.74, 6) is 1.50. The zero-order valence-electron chi connectivity index (χ0n) is 19.2. The van der Waals surface area contributed by atoms with E-state index in [0.717, 1.165) is 23.3 Å². The molecule has 0 aliphatic heterocycles. The molecular formula is C28H32ClNO. The maximum atomic E-state index is 6.33. The average molecular weight is 434 g/mol. The van der Waals surface area contributed by atoms with Gasteiger partial charge in [-0.15, -0.1) is 0 Å². The van der Waals surface area contributed by atoms with Crippen LogP contribution in [0.15, 0.2) is 77.9 Å². The molecule has 1 heterocycles. The molecule has 2 aromatic carbocycles. The van der Waals surface area contributed by atoms with Crippen molar-refractivity contribution in [3.05, 3.63) is 89.1 Å². The van der Waals surface area contributed by atoms with Gasteiger partial charge >= 0.3 is 0 Å². The molecule has 31 heavy (non-hydrogen) atoms. The minimum Gasteiger partial charge on any atom is -0.497 e. The first kappa shape index (κ1) is 23.0. The zero-order valence-corrected chi connectivity index (χ0v) is 20.0. The first-order valence-corrected chi connectivity index (χ1v) is 11.2. The number of aromatic nitrogens is 1. The Bertz CT molecular complexity index is 1130. The maximum absolute atomic E-state index is 6.33. The summed E-state index contributed by atoms with van der Waals surface area (Å²) in [5.41, 5.74) is 7.16. The van der Waals surface area contributed by atoms with Gasteiger partial charge in [0.25, 0.3) is 0 Å². The number of nitrogens with zero attached hydrogens (tertiary/aromatic N) is 1. The molecule has 3 aromatic rings. The quantitative estimate of drug-likeness (QED) is 0.327. The molecule has 0 saturated heterocycles. The second-order valence-electron chi connectivity index (χ2n) is 8.35. The Hall–Kier alpha value is -2.71. The van der Waals surface area contributed by atoms with E-state index in [1.807, 2.05) is 31.2 Å². The molecule has 0 fully saturated rings.